The standard InChI is InChI=1S/C13H19NOS/c1-3-15-12-5-4-11(8-10(12)2)13-9-14-6-7-16-13/h4-5,8,13-14H,3,6-7,9H2,1-2H3. The van der Waals surface area contributed by atoms with Crippen molar-refractivity contribution in [3.63, 3.8) is 0 Å². The maximum Gasteiger partial charge on any atom is 0.122 e. The summed E-state index contributed by atoms with van der Waals surface area (Å²) in [4.78, 5) is 0. The maximum absolute atomic E-state index is 5.56. The zero-order valence-corrected chi connectivity index (χ0v) is 10.8. The highest BCUT2D eigenvalue weighted by Crippen LogP contribution is 2.32. The van der Waals surface area contributed by atoms with Crippen LogP contribution in [0.25, 0.3) is 0 Å². The van der Waals surface area contributed by atoms with Crippen molar-refractivity contribution in [1.29, 1.82) is 0 Å². The van der Waals surface area contributed by atoms with Crippen LogP contribution >= 0.6 is 11.8 Å². The van der Waals surface area contributed by atoms with Crippen molar-refractivity contribution >= 4 is 11.8 Å². The first-order valence-corrected chi connectivity index (χ1v) is 6.92. The Morgan fingerprint density at radius 3 is 3.00 bits per heavy atom. The molecule has 2 rings (SSSR count). The molecule has 1 unspecified atom stereocenters. The highest BCUT2D eigenvalue weighted by molar-refractivity contribution is 7.99. The molecule has 1 N–H and O–H groups in total. The lowest BCUT2D eigenvalue weighted by atomic mass is 10.1. The van der Waals surface area contributed by atoms with Gasteiger partial charge in [0.1, 0.15) is 5.75 Å². The van der Waals surface area contributed by atoms with Crippen LogP contribution in [0.2, 0.25) is 0 Å². The summed E-state index contributed by atoms with van der Waals surface area (Å²) in [5.41, 5.74) is 2.66. The van der Waals surface area contributed by atoms with Gasteiger partial charge in [-0.15, -0.1) is 0 Å². The van der Waals surface area contributed by atoms with Crippen LogP contribution in [0.15, 0.2) is 18.2 Å². The van der Waals surface area contributed by atoms with E-state index in [9.17, 15) is 0 Å². The predicted octanol–water partition coefficient (Wildman–Crippen LogP) is 2.77. The smallest absolute Gasteiger partial charge is 0.122 e. The molecule has 1 aromatic carbocycles. The normalized spacial score (nSPS) is 20.8. The number of aryl methyl sites for hydroxylation is 1. The van der Waals surface area contributed by atoms with Gasteiger partial charge in [0.05, 0.1) is 6.61 Å². The second kappa shape index (κ2) is 5.60. The molecule has 3 heteroatoms. The molecule has 0 saturated carbocycles. The summed E-state index contributed by atoms with van der Waals surface area (Å²) in [6.45, 7) is 7.10. The highest BCUT2D eigenvalue weighted by Gasteiger charge is 2.16. The Labute approximate surface area is 102 Å². The van der Waals surface area contributed by atoms with E-state index in [0.717, 1.165) is 25.4 Å². The minimum absolute atomic E-state index is 0.600. The van der Waals surface area contributed by atoms with Crippen molar-refractivity contribution in [2.24, 2.45) is 0 Å². The van der Waals surface area contributed by atoms with Crippen LogP contribution in [0.4, 0.5) is 0 Å². The van der Waals surface area contributed by atoms with E-state index < -0.39 is 0 Å². The average Bonchev–Trinajstić information content (AvgIpc) is 2.33. The van der Waals surface area contributed by atoms with Crippen LogP contribution in [0.1, 0.15) is 23.3 Å². The molecule has 1 saturated heterocycles. The Morgan fingerprint density at radius 1 is 1.50 bits per heavy atom. The third-order valence-corrected chi connectivity index (χ3v) is 4.08. The van der Waals surface area contributed by atoms with E-state index in [1.165, 1.54) is 16.9 Å². The Bertz CT molecular complexity index is 348. The molecule has 0 aliphatic carbocycles. The molecule has 1 aliphatic rings. The Kier molecular flexibility index (Phi) is 4.13. The number of hydrogen-bond acceptors (Lipinski definition) is 3. The number of rotatable bonds is 3. The lowest BCUT2D eigenvalue weighted by Crippen LogP contribution is -2.28. The second-order valence-electron chi connectivity index (χ2n) is 4.02. The molecule has 0 amide bonds. The number of hydrogen-bond donors (Lipinski definition) is 1. The van der Waals surface area contributed by atoms with Crippen LogP contribution in [-0.2, 0) is 0 Å². The van der Waals surface area contributed by atoms with Crippen LogP contribution in [0.3, 0.4) is 0 Å². The Morgan fingerprint density at radius 2 is 2.38 bits per heavy atom. The van der Waals surface area contributed by atoms with Crippen molar-refractivity contribution in [1.82, 2.24) is 5.32 Å². The quantitative estimate of drug-likeness (QED) is 0.873. The molecule has 0 radical (unpaired) electrons. The molecule has 0 aromatic heterocycles. The second-order valence-corrected chi connectivity index (χ2v) is 5.33. The maximum atomic E-state index is 5.56. The summed E-state index contributed by atoms with van der Waals surface area (Å²) >= 11 is 2.04. The van der Waals surface area contributed by atoms with Crippen LogP contribution in [-0.4, -0.2) is 25.4 Å². The van der Waals surface area contributed by atoms with Gasteiger partial charge in [0, 0.05) is 24.1 Å². The first-order chi connectivity index (χ1) is 7.81. The van der Waals surface area contributed by atoms with Gasteiger partial charge in [0.25, 0.3) is 0 Å². The molecule has 2 nitrogen and oxygen atoms in total. The van der Waals surface area contributed by atoms with E-state index in [1.807, 2.05) is 18.7 Å². The van der Waals surface area contributed by atoms with Gasteiger partial charge in [-0.05, 0) is 31.0 Å². The fourth-order valence-electron chi connectivity index (χ4n) is 1.97. The largest absolute Gasteiger partial charge is 0.494 e. The topological polar surface area (TPSA) is 21.3 Å². The van der Waals surface area contributed by atoms with E-state index in [1.54, 1.807) is 0 Å². The fraction of sp³-hybridized carbons (Fsp3) is 0.538. The number of thioether (sulfide) groups is 1. The van der Waals surface area contributed by atoms with E-state index in [-0.39, 0.29) is 0 Å². The van der Waals surface area contributed by atoms with E-state index in [0.29, 0.717) is 5.25 Å². The molecule has 1 fully saturated rings. The zero-order chi connectivity index (χ0) is 11.4. The summed E-state index contributed by atoms with van der Waals surface area (Å²) in [5, 5.41) is 4.04. The first kappa shape index (κ1) is 11.8. The van der Waals surface area contributed by atoms with Gasteiger partial charge >= 0.3 is 0 Å². The first-order valence-electron chi connectivity index (χ1n) is 5.87. The minimum Gasteiger partial charge on any atom is -0.494 e. The molecule has 88 valence electrons. The number of nitrogens with one attached hydrogen (secondary N) is 1. The van der Waals surface area contributed by atoms with E-state index in [4.69, 9.17) is 4.74 Å². The molecular weight excluding hydrogens is 218 g/mol. The van der Waals surface area contributed by atoms with Crippen molar-refractivity contribution in [3.05, 3.63) is 29.3 Å². The van der Waals surface area contributed by atoms with Gasteiger partial charge in [-0.3, -0.25) is 0 Å². The summed E-state index contributed by atoms with van der Waals surface area (Å²) in [6, 6.07) is 6.56. The van der Waals surface area contributed by atoms with Crippen LogP contribution in [0.5, 0.6) is 5.75 Å². The SMILES string of the molecule is CCOc1ccc(C2CNCCS2)cc1C. The monoisotopic (exact) mass is 237 g/mol. The fourth-order valence-corrected chi connectivity index (χ4v) is 3.09. The zero-order valence-electron chi connectivity index (χ0n) is 9.95. The molecule has 1 heterocycles. The van der Waals surface area contributed by atoms with E-state index in [2.05, 4.69) is 30.4 Å². The van der Waals surface area contributed by atoms with Gasteiger partial charge in [-0.25, -0.2) is 0 Å². The summed E-state index contributed by atoms with van der Waals surface area (Å²) < 4.78 is 5.56. The summed E-state index contributed by atoms with van der Waals surface area (Å²) in [7, 11) is 0. The molecule has 1 aromatic rings. The van der Waals surface area contributed by atoms with Gasteiger partial charge in [-0.2, -0.15) is 11.8 Å². The Hall–Kier alpha value is -0.670. The molecular formula is C13H19NOS. The summed E-state index contributed by atoms with van der Waals surface area (Å²) in [5.74, 6) is 2.22. The highest BCUT2D eigenvalue weighted by atomic mass is 32.2. The van der Waals surface area contributed by atoms with E-state index >= 15 is 0 Å². The van der Waals surface area contributed by atoms with Crippen molar-refractivity contribution in [2.75, 3.05) is 25.4 Å². The molecule has 16 heavy (non-hydrogen) atoms. The van der Waals surface area contributed by atoms with Gasteiger partial charge in [0.15, 0.2) is 0 Å². The van der Waals surface area contributed by atoms with Crippen molar-refractivity contribution < 1.29 is 4.74 Å². The molecule has 0 spiro atoms. The van der Waals surface area contributed by atoms with Crippen molar-refractivity contribution in [3.8, 4) is 5.75 Å². The lowest BCUT2D eigenvalue weighted by molar-refractivity contribution is 0.338. The number of benzene rings is 1. The van der Waals surface area contributed by atoms with Gasteiger partial charge in [0.2, 0.25) is 0 Å². The van der Waals surface area contributed by atoms with Crippen LogP contribution in [0, 0.1) is 6.92 Å². The number of ether oxygens (including phenoxy) is 1. The summed E-state index contributed by atoms with van der Waals surface area (Å²) in [6.07, 6.45) is 0. The van der Waals surface area contributed by atoms with Gasteiger partial charge < -0.3 is 10.1 Å². The van der Waals surface area contributed by atoms with Gasteiger partial charge in [-0.1, -0.05) is 12.1 Å². The minimum atomic E-state index is 0.600. The molecule has 1 aliphatic heterocycles. The predicted molar refractivity (Wildman–Crippen MR) is 70.4 cm³/mol. The lowest BCUT2D eigenvalue weighted by Gasteiger charge is -2.23. The third kappa shape index (κ3) is 2.71. The van der Waals surface area contributed by atoms with Crippen molar-refractivity contribution in [2.45, 2.75) is 19.1 Å². The average molecular weight is 237 g/mol. The van der Waals surface area contributed by atoms with Crippen LogP contribution < -0.4 is 10.1 Å². The molecule has 0 bridgehead atoms. The Balaban J connectivity index is 2.13. The molecule has 1 atom stereocenters. The third-order valence-electron chi connectivity index (χ3n) is 2.80.